The molecule has 2 fully saturated rings. The quantitative estimate of drug-likeness (QED) is 0.264. The average molecular weight is 348 g/mol. The van der Waals surface area contributed by atoms with Crippen LogP contribution in [0.25, 0.3) is 0 Å². The van der Waals surface area contributed by atoms with Crippen LogP contribution in [0.15, 0.2) is 24.3 Å². The number of aliphatic hydroxyl groups is 1. The van der Waals surface area contributed by atoms with Gasteiger partial charge in [-0.2, -0.15) is 0 Å². The summed E-state index contributed by atoms with van der Waals surface area (Å²) in [5.41, 5.74) is 0.442. The lowest BCUT2D eigenvalue weighted by Crippen LogP contribution is -2.64. The Morgan fingerprint density at radius 2 is 2.04 bits per heavy atom. The third-order valence-corrected chi connectivity index (χ3v) is 4.58. The Kier molecular flexibility index (Phi) is 4.25. The summed E-state index contributed by atoms with van der Waals surface area (Å²) in [6.45, 7) is 1.32. The molecule has 0 bridgehead atoms. The van der Waals surface area contributed by atoms with E-state index in [9.17, 15) is 29.6 Å². The maximum absolute atomic E-state index is 12.2. The van der Waals surface area contributed by atoms with Gasteiger partial charge in [0.05, 0.1) is 23.0 Å². The predicted molar refractivity (Wildman–Crippen MR) is 82.1 cm³/mol. The monoisotopic (exact) mass is 348 g/mol. The van der Waals surface area contributed by atoms with E-state index in [0.29, 0.717) is 5.56 Å². The van der Waals surface area contributed by atoms with E-state index in [0.717, 1.165) is 0 Å². The SMILES string of the molecule is C[C@H](O)[C@H]1C(=O)N2[C@@H](C(=O)OCc3ccc([N+](=O)[O-])cc3)C(=O)C[C@@H]12. The Morgan fingerprint density at radius 3 is 2.60 bits per heavy atom. The number of esters is 1. The summed E-state index contributed by atoms with van der Waals surface area (Å²) in [5, 5.41) is 20.2. The summed E-state index contributed by atoms with van der Waals surface area (Å²) in [6, 6.07) is 3.73. The molecule has 4 atom stereocenters. The van der Waals surface area contributed by atoms with Gasteiger partial charge in [0, 0.05) is 18.6 Å². The van der Waals surface area contributed by atoms with Crippen LogP contribution >= 0.6 is 0 Å². The van der Waals surface area contributed by atoms with E-state index in [4.69, 9.17) is 4.74 Å². The second kappa shape index (κ2) is 6.25. The topological polar surface area (TPSA) is 127 Å². The van der Waals surface area contributed by atoms with Gasteiger partial charge in [-0.1, -0.05) is 0 Å². The van der Waals surface area contributed by atoms with E-state index in [1.807, 2.05) is 0 Å². The summed E-state index contributed by atoms with van der Waals surface area (Å²) < 4.78 is 5.09. The van der Waals surface area contributed by atoms with Crippen molar-refractivity contribution in [2.45, 2.75) is 38.1 Å². The first-order valence-corrected chi connectivity index (χ1v) is 7.74. The van der Waals surface area contributed by atoms with Crippen LogP contribution in [0, 0.1) is 16.0 Å². The summed E-state index contributed by atoms with van der Waals surface area (Å²) in [7, 11) is 0. The number of Topliss-reactive ketones (excluding diaryl/α,β-unsaturated/α-hetero) is 1. The molecule has 1 N–H and O–H groups in total. The number of β-lactam (4-membered cyclic amide) rings is 1. The molecule has 1 amide bonds. The molecule has 25 heavy (non-hydrogen) atoms. The van der Waals surface area contributed by atoms with Crippen molar-refractivity contribution in [2.24, 2.45) is 5.92 Å². The van der Waals surface area contributed by atoms with Crippen LogP contribution < -0.4 is 0 Å². The predicted octanol–water partition coefficient (Wildman–Crippen LogP) is 0.187. The Balaban J connectivity index is 1.63. The van der Waals surface area contributed by atoms with Crippen molar-refractivity contribution in [3.8, 4) is 0 Å². The summed E-state index contributed by atoms with van der Waals surface area (Å²) in [5.74, 6) is -2.32. The highest BCUT2D eigenvalue weighted by Gasteiger charge is 2.61. The highest BCUT2D eigenvalue weighted by atomic mass is 16.6. The number of benzene rings is 1. The van der Waals surface area contributed by atoms with E-state index in [2.05, 4.69) is 0 Å². The molecule has 2 saturated heterocycles. The standard InChI is InChI=1S/C16H16N2O7/c1-8(19)13-11-6-12(20)14(17(11)15(13)21)16(22)25-7-9-2-4-10(5-3-9)18(23)24/h2-5,8,11,13-14,19H,6-7H2,1H3/t8-,11-,13+,14+/m0/s1. The maximum Gasteiger partial charge on any atom is 0.337 e. The highest BCUT2D eigenvalue weighted by molar-refractivity contribution is 6.11. The second-order valence-corrected chi connectivity index (χ2v) is 6.18. The van der Waals surface area contributed by atoms with Crippen molar-refractivity contribution in [3.63, 3.8) is 0 Å². The fraction of sp³-hybridized carbons (Fsp3) is 0.438. The number of carbonyl (C=O) groups excluding carboxylic acids is 3. The zero-order valence-corrected chi connectivity index (χ0v) is 13.3. The Labute approximate surface area is 142 Å². The number of fused-ring (bicyclic) bond motifs is 1. The van der Waals surface area contributed by atoms with Crippen LogP contribution in [0.1, 0.15) is 18.9 Å². The number of hydrogen-bond donors (Lipinski definition) is 1. The number of ether oxygens (including phenoxy) is 1. The molecule has 0 saturated carbocycles. The van der Waals surface area contributed by atoms with E-state index < -0.39 is 46.7 Å². The van der Waals surface area contributed by atoms with Crippen molar-refractivity contribution in [2.75, 3.05) is 0 Å². The molecule has 2 heterocycles. The van der Waals surface area contributed by atoms with Gasteiger partial charge in [-0.25, -0.2) is 4.79 Å². The number of nitrogens with zero attached hydrogens (tertiary/aromatic N) is 2. The van der Waals surface area contributed by atoms with Crippen LogP contribution in [0.4, 0.5) is 5.69 Å². The molecule has 9 heteroatoms. The third-order valence-electron chi connectivity index (χ3n) is 4.58. The molecule has 1 aromatic carbocycles. The van der Waals surface area contributed by atoms with E-state index in [-0.39, 0.29) is 18.7 Å². The number of carbonyl (C=O) groups is 3. The van der Waals surface area contributed by atoms with Crippen molar-refractivity contribution < 1.29 is 29.2 Å². The lowest BCUT2D eigenvalue weighted by molar-refractivity contribution is -0.384. The van der Waals surface area contributed by atoms with Gasteiger partial charge in [0.25, 0.3) is 5.69 Å². The summed E-state index contributed by atoms with van der Waals surface area (Å²) in [4.78, 5) is 47.6. The molecule has 9 nitrogen and oxygen atoms in total. The van der Waals surface area contributed by atoms with Gasteiger partial charge in [0.15, 0.2) is 11.8 Å². The van der Waals surface area contributed by atoms with Crippen LogP contribution in [0.2, 0.25) is 0 Å². The lowest BCUT2D eigenvalue weighted by Gasteiger charge is -2.45. The largest absolute Gasteiger partial charge is 0.459 e. The first kappa shape index (κ1) is 17.0. The van der Waals surface area contributed by atoms with Gasteiger partial charge in [0.2, 0.25) is 5.91 Å². The molecule has 0 unspecified atom stereocenters. The molecular formula is C16H16N2O7. The molecule has 3 rings (SSSR count). The summed E-state index contributed by atoms with van der Waals surface area (Å²) >= 11 is 0. The first-order valence-electron chi connectivity index (χ1n) is 7.74. The van der Waals surface area contributed by atoms with Gasteiger partial charge in [-0.15, -0.1) is 0 Å². The minimum absolute atomic E-state index is 0.0264. The van der Waals surface area contributed by atoms with E-state index >= 15 is 0 Å². The number of nitro benzene ring substituents is 1. The molecule has 1 aromatic rings. The molecule has 0 aromatic heterocycles. The number of amides is 1. The molecule has 2 aliphatic heterocycles. The van der Waals surface area contributed by atoms with Crippen molar-refractivity contribution in [1.82, 2.24) is 4.90 Å². The second-order valence-electron chi connectivity index (χ2n) is 6.18. The fourth-order valence-corrected chi connectivity index (χ4v) is 3.33. The third kappa shape index (κ3) is 2.86. The zero-order valence-electron chi connectivity index (χ0n) is 13.3. The average Bonchev–Trinajstić information content (AvgIpc) is 2.85. The van der Waals surface area contributed by atoms with Gasteiger partial charge in [0.1, 0.15) is 6.61 Å². The van der Waals surface area contributed by atoms with Crippen molar-refractivity contribution >= 4 is 23.3 Å². The van der Waals surface area contributed by atoms with Crippen molar-refractivity contribution in [3.05, 3.63) is 39.9 Å². The number of rotatable bonds is 5. The van der Waals surface area contributed by atoms with E-state index in [1.54, 1.807) is 0 Å². The minimum atomic E-state index is -1.27. The molecule has 0 spiro atoms. The van der Waals surface area contributed by atoms with Crippen LogP contribution in [0.5, 0.6) is 0 Å². The number of nitro groups is 1. The lowest BCUT2D eigenvalue weighted by atomic mass is 9.84. The van der Waals surface area contributed by atoms with Crippen LogP contribution in [-0.4, -0.2) is 50.8 Å². The van der Waals surface area contributed by atoms with Gasteiger partial charge in [-0.05, 0) is 24.6 Å². The number of non-ortho nitro benzene ring substituents is 1. The first-order chi connectivity index (χ1) is 11.8. The van der Waals surface area contributed by atoms with Gasteiger partial charge >= 0.3 is 5.97 Å². The van der Waals surface area contributed by atoms with Crippen LogP contribution in [0.3, 0.4) is 0 Å². The summed E-state index contributed by atoms with van der Waals surface area (Å²) in [6.07, 6.45) is -0.852. The van der Waals surface area contributed by atoms with Gasteiger partial charge in [-0.3, -0.25) is 19.7 Å². The Hall–Kier alpha value is -2.81. The number of ketones is 1. The Bertz CT molecular complexity index is 743. The molecule has 132 valence electrons. The Morgan fingerprint density at radius 1 is 1.40 bits per heavy atom. The van der Waals surface area contributed by atoms with Gasteiger partial charge < -0.3 is 14.7 Å². The zero-order chi connectivity index (χ0) is 18.3. The van der Waals surface area contributed by atoms with Crippen molar-refractivity contribution in [1.29, 1.82) is 0 Å². The molecule has 2 aliphatic rings. The van der Waals surface area contributed by atoms with Crippen LogP contribution in [-0.2, 0) is 25.7 Å². The number of aliphatic hydroxyl groups excluding tert-OH is 1. The minimum Gasteiger partial charge on any atom is -0.459 e. The normalized spacial score (nSPS) is 26.0. The maximum atomic E-state index is 12.2. The number of hydrogen-bond acceptors (Lipinski definition) is 7. The van der Waals surface area contributed by atoms with E-state index in [1.165, 1.54) is 36.1 Å². The highest BCUT2D eigenvalue weighted by Crippen LogP contribution is 2.40. The molecular weight excluding hydrogens is 332 g/mol. The molecule has 0 radical (unpaired) electrons. The molecule has 0 aliphatic carbocycles. The smallest absolute Gasteiger partial charge is 0.337 e. The fourth-order valence-electron chi connectivity index (χ4n) is 3.33.